The number of hydrogen-bond acceptors (Lipinski definition) is 7. The highest BCUT2D eigenvalue weighted by Crippen LogP contribution is 2.49. The Bertz CT molecular complexity index is 1240. The smallest absolute Gasteiger partial charge is 0.342 e. The predicted octanol–water partition coefficient (Wildman–Crippen LogP) is 3.70. The molecule has 0 fully saturated rings. The van der Waals surface area contributed by atoms with E-state index in [2.05, 4.69) is 0 Å². The normalized spacial score (nSPS) is 13.4. The minimum absolute atomic E-state index is 0.0929. The van der Waals surface area contributed by atoms with Gasteiger partial charge in [-0.25, -0.2) is 4.79 Å². The fourth-order valence-electron chi connectivity index (χ4n) is 3.71. The molecule has 0 radical (unpaired) electrons. The van der Waals surface area contributed by atoms with Crippen molar-refractivity contribution in [1.82, 2.24) is 0 Å². The molecule has 0 unspecified atom stereocenters. The number of rotatable bonds is 1. The van der Waals surface area contributed by atoms with Gasteiger partial charge in [0, 0.05) is 16.5 Å². The lowest BCUT2D eigenvalue weighted by atomic mass is 9.81. The topological polar surface area (TPSA) is 114 Å². The average Bonchev–Trinajstić information content (AvgIpc) is 3.10. The van der Waals surface area contributed by atoms with E-state index in [0.717, 1.165) is 0 Å². The van der Waals surface area contributed by atoms with E-state index in [9.17, 15) is 24.6 Å². The van der Waals surface area contributed by atoms with Gasteiger partial charge in [0.15, 0.2) is 22.9 Å². The quantitative estimate of drug-likeness (QED) is 0.374. The third-order valence-corrected chi connectivity index (χ3v) is 5.02. The second-order valence-corrected chi connectivity index (χ2v) is 7.90. The standard InChI is InChI=1S/C22H18O7/c1-22(2,3)20-14(21(27)28-4)13-17(25)11-12(18(26)19(13)29-20)16(24)10-8-6-5-7-9(10)15(11)23/h5-8,25-26H,1-4H3. The number of hydrogen-bond donors (Lipinski definition) is 2. The van der Waals surface area contributed by atoms with Gasteiger partial charge in [-0.15, -0.1) is 0 Å². The Morgan fingerprint density at radius 3 is 1.97 bits per heavy atom. The molecule has 0 aliphatic heterocycles. The molecule has 0 saturated carbocycles. The number of aromatic hydroxyl groups is 2. The maximum absolute atomic E-state index is 13.1. The number of furan rings is 1. The third-order valence-electron chi connectivity index (χ3n) is 5.02. The molecule has 7 heteroatoms. The molecule has 3 aromatic rings. The molecule has 0 spiro atoms. The number of benzene rings is 2. The highest BCUT2D eigenvalue weighted by molar-refractivity contribution is 6.32. The first-order chi connectivity index (χ1) is 13.6. The fourth-order valence-corrected chi connectivity index (χ4v) is 3.71. The fraction of sp³-hybridized carbons (Fsp3) is 0.227. The highest BCUT2D eigenvalue weighted by Gasteiger charge is 2.40. The molecule has 7 nitrogen and oxygen atoms in total. The second kappa shape index (κ2) is 5.94. The second-order valence-electron chi connectivity index (χ2n) is 7.90. The SMILES string of the molecule is COC(=O)c1c(C(C)(C)C)oc2c(O)c3c(c(O)c12)C(=O)c1ccccc1C3=O. The molecule has 4 rings (SSSR count). The van der Waals surface area contributed by atoms with Gasteiger partial charge in [-0.05, 0) is 0 Å². The van der Waals surface area contributed by atoms with Crippen LogP contribution in [0.5, 0.6) is 11.5 Å². The number of fused-ring (bicyclic) bond motifs is 3. The van der Waals surface area contributed by atoms with Crippen LogP contribution in [0.3, 0.4) is 0 Å². The number of ketones is 2. The van der Waals surface area contributed by atoms with Crippen molar-refractivity contribution < 1.29 is 33.8 Å². The Kier molecular flexibility index (Phi) is 3.84. The van der Waals surface area contributed by atoms with Gasteiger partial charge in [0.1, 0.15) is 17.1 Å². The number of carbonyl (C=O) groups excluding carboxylic acids is 3. The molecule has 0 saturated heterocycles. The van der Waals surface area contributed by atoms with Gasteiger partial charge >= 0.3 is 5.97 Å². The largest absolute Gasteiger partial charge is 0.506 e. The Morgan fingerprint density at radius 1 is 0.966 bits per heavy atom. The zero-order chi connectivity index (χ0) is 21.2. The van der Waals surface area contributed by atoms with E-state index in [4.69, 9.17) is 9.15 Å². The maximum atomic E-state index is 13.1. The van der Waals surface area contributed by atoms with E-state index in [0.29, 0.717) is 0 Å². The zero-order valence-corrected chi connectivity index (χ0v) is 16.2. The number of carbonyl (C=O) groups is 3. The summed E-state index contributed by atoms with van der Waals surface area (Å²) >= 11 is 0. The van der Waals surface area contributed by atoms with Gasteiger partial charge in [0.05, 0.1) is 23.6 Å². The van der Waals surface area contributed by atoms with E-state index in [1.165, 1.54) is 19.2 Å². The molecular formula is C22H18O7. The van der Waals surface area contributed by atoms with Crippen molar-refractivity contribution in [2.24, 2.45) is 0 Å². The van der Waals surface area contributed by atoms with Gasteiger partial charge in [-0.3, -0.25) is 9.59 Å². The van der Waals surface area contributed by atoms with E-state index >= 15 is 0 Å². The van der Waals surface area contributed by atoms with Crippen LogP contribution in [-0.4, -0.2) is 34.9 Å². The van der Waals surface area contributed by atoms with E-state index in [-0.39, 0.29) is 44.5 Å². The van der Waals surface area contributed by atoms with Gasteiger partial charge in [0.25, 0.3) is 0 Å². The monoisotopic (exact) mass is 394 g/mol. The summed E-state index contributed by atoms with van der Waals surface area (Å²) in [7, 11) is 1.17. The molecule has 1 heterocycles. The van der Waals surface area contributed by atoms with E-state index in [1.54, 1.807) is 32.9 Å². The van der Waals surface area contributed by atoms with Crippen LogP contribution in [0.15, 0.2) is 28.7 Å². The summed E-state index contributed by atoms with van der Waals surface area (Å²) in [6.07, 6.45) is 0. The summed E-state index contributed by atoms with van der Waals surface area (Å²) in [6, 6.07) is 6.14. The summed E-state index contributed by atoms with van der Waals surface area (Å²) < 4.78 is 10.6. The van der Waals surface area contributed by atoms with Crippen LogP contribution in [0.4, 0.5) is 0 Å². The predicted molar refractivity (Wildman–Crippen MR) is 103 cm³/mol. The Balaban J connectivity index is 2.19. The minimum Gasteiger partial charge on any atom is -0.506 e. The van der Waals surface area contributed by atoms with Crippen LogP contribution in [-0.2, 0) is 10.2 Å². The first kappa shape index (κ1) is 18.7. The molecule has 29 heavy (non-hydrogen) atoms. The molecule has 2 aromatic carbocycles. The molecule has 0 bridgehead atoms. The Labute approximate surface area is 165 Å². The van der Waals surface area contributed by atoms with Crippen LogP contribution in [0.2, 0.25) is 0 Å². The van der Waals surface area contributed by atoms with Crippen molar-refractivity contribution in [2.75, 3.05) is 7.11 Å². The molecule has 1 aliphatic carbocycles. The lowest BCUT2D eigenvalue weighted by Gasteiger charge is -2.19. The van der Waals surface area contributed by atoms with Gasteiger partial charge in [-0.1, -0.05) is 45.0 Å². The Morgan fingerprint density at radius 2 is 1.48 bits per heavy atom. The summed E-state index contributed by atoms with van der Waals surface area (Å²) in [5, 5.41) is 21.7. The Hall–Kier alpha value is -3.61. The van der Waals surface area contributed by atoms with Crippen LogP contribution in [0.25, 0.3) is 11.0 Å². The average molecular weight is 394 g/mol. The molecule has 2 N–H and O–H groups in total. The first-order valence-corrected chi connectivity index (χ1v) is 8.91. The number of methoxy groups -OCH3 is 1. The van der Waals surface area contributed by atoms with Crippen molar-refractivity contribution >= 4 is 28.5 Å². The van der Waals surface area contributed by atoms with Crippen LogP contribution < -0.4 is 0 Å². The van der Waals surface area contributed by atoms with Crippen molar-refractivity contribution in [2.45, 2.75) is 26.2 Å². The number of phenols is 2. The molecular weight excluding hydrogens is 376 g/mol. The van der Waals surface area contributed by atoms with Gasteiger partial charge in [0.2, 0.25) is 0 Å². The summed E-state index contributed by atoms with van der Waals surface area (Å²) in [4.78, 5) is 38.6. The highest BCUT2D eigenvalue weighted by atomic mass is 16.5. The molecule has 1 aromatic heterocycles. The van der Waals surface area contributed by atoms with Crippen molar-refractivity contribution in [3.63, 3.8) is 0 Å². The first-order valence-electron chi connectivity index (χ1n) is 8.91. The number of ether oxygens (including phenoxy) is 1. The summed E-state index contributed by atoms with van der Waals surface area (Å²) in [5.41, 5.74) is -1.50. The van der Waals surface area contributed by atoms with Crippen LogP contribution in [0, 0.1) is 0 Å². The molecule has 0 atom stereocenters. The maximum Gasteiger partial charge on any atom is 0.342 e. The van der Waals surface area contributed by atoms with Crippen LogP contribution >= 0.6 is 0 Å². The lowest BCUT2D eigenvalue weighted by molar-refractivity contribution is 0.0597. The van der Waals surface area contributed by atoms with E-state index in [1.807, 2.05) is 0 Å². The lowest BCUT2D eigenvalue weighted by Crippen LogP contribution is -2.21. The molecule has 148 valence electrons. The number of phenolic OH excluding ortho intramolecular Hbond substituents is 2. The van der Waals surface area contributed by atoms with Gasteiger partial charge < -0.3 is 19.4 Å². The van der Waals surface area contributed by atoms with Crippen LogP contribution in [0.1, 0.15) is 68.7 Å². The van der Waals surface area contributed by atoms with Gasteiger partial charge in [-0.2, -0.15) is 0 Å². The van der Waals surface area contributed by atoms with Crippen molar-refractivity contribution in [3.05, 3.63) is 57.8 Å². The number of esters is 1. The molecule has 0 amide bonds. The third kappa shape index (κ3) is 2.40. The van der Waals surface area contributed by atoms with Crippen molar-refractivity contribution in [3.8, 4) is 11.5 Å². The minimum atomic E-state index is -0.793. The zero-order valence-electron chi connectivity index (χ0n) is 16.2. The summed E-state index contributed by atoms with van der Waals surface area (Å²) in [5.74, 6) is -3.07. The summed E-state index contributed by atoms with van der Waals surface area (Å²) in [6.45, 7) is 5.33. The van der Waals surface area contributed by atoms with Crippen molar-refractivity contribution in [1.29, 1.82) is 0 Å². The molecule has 1 aliphatic rings. The van der Waals surface area contributed by atoms with E-state index < -0.39 is 34.4 Å².